The predicted molar refractivity (Wildman–Crippen MR) is 173 cm³/mol. The first-order valence-electron chi connectivity index (χ1n) is 17.2. The molecule has 248 valence electrons. The molecule has 0 saturated carbocycles. The largest absolute Gasteiger partial charge is 0.494 e. The molecule has 1 unspecified atom stereocenters. The Labute approximate surface area is 276 Å². The van der Waals surface area contributed by atoms with E-state index in [1.807, 2.05) is 58.3 Å². The highest BCUT2D eigenvalue weighted by molar-refractivity contribution is 6.00. The van der Waals surface area contributed by atoms with Gasteiger partial charge < -0.3 is 19.3 Å². The quantitative estimate of drug-likeness (QED) is 0.291. The molecule has 0 aromatic heterocycles. The van der Waals surface area contributed by atoms with Gasteiger partial charge in [0.2, 0.25) is 23.6 Å². The summed E-state index contributed by atoms with van der Waals surface area (Å²) in [5.74, 6) is 0.366. The first kappa shape index (κ1) is 32.5. The van der Waals surface area contributed by atoms with Gasteiger partial charge in [0, 0.05) is 37.9 Å². The molecule has 4 amide bonds. The summed E-state index contributed by atoms with van der Waals surface area (Å²) in [4.78, 5) is 53.9. The van der Waals surface area contributed by atoms with Crippen molar-refractivity contribution in [3.63, 3.8) is 0 Å². The third kappa shape index (κ3) is 7.61. The second-order valence-electron chi connectivity index (χ2n) is 13.3. The Balaban J connectivity index is 0.960. The van der Waals surface area contributed by atoms with E-state index in [0.717, 1.165) is 67.6 Å². The molecule has 0 spiro atoms. The summed E-state index contributed by atoms with van der Waals surface area (Å²) in [6, 6.07) is 17.5. The highest BCUT2D eigenvalue weighted by atomic mass is 16.5. The maximum atomic E-state index is 13.7. The van der Waals surface area contributed by atoms with Gasteiger partial charge in [0.15, 0.2) is 0 Å². The number of fused-ring (bicyclic) bond motifs is 1. The van der Waals surface area contributed by atoms with Gasteiger partial charge in [-0.3, -0.25) is 24.5 Å². The molecule has 6 rings (SSSR count). The summed E-state index contributed by atoms with van der Waals surface area (Å²) in [6.07, 6.45) is 8.62. The average molecular weight is 641 g/mol. The molecular weight excluding hydrogens is 596 g/mol. The number of unbranched alkanes of at least 4 members (excludes halogenated alkanes) is 1. The maximum Gasteiger partial charge on any atom is 0.245 e. The normalized spacial score (nSPS) is 26.2. The molecule has 0 radical (unpaired) electrons. The number of nitrogens with zero attached hydrogens (tertiary/aromatic N) is 3. The van der Waals surface area contributed by atoms with Crippen molar-refractivity contribution in [2.24, 2.45) is 5.92 Å². The van der Waals surface area contributed by atoms with Crippen molar-refractivity contribution >= 4 is 23.6 Å². The lowest BCUT2D eigenvalue weighted by Gasteiger charge is -2.33. The summed E-state index contributed by atoms with van der Waals surface area (Å²) < 4.78 is 11.9. The Morgan fingerprint density at radius 3 is 2.40 bits per heavy atom. The van der Waals surface area contributed by atoms with Crippen LogP contribution in [-0.4, -0.2) is 71.8 Å². The summed E-state index contributed by atoms with van der Waals surface area (Å²) in [7, 11) is 0. The lowest BCUT2D eigenvalue weighted by atomic mass is 9.90. The predicted octanol–water partition coefficient (Wildman–Crippen LogP) is 4.83. The number of rotatable bonds is 10. The van der Waals surface area contributed by atoms with E-state index in [2.05, 4.69) is 11.4 Å². The van der Waals surface area contributed by atoms with Gasteiger partial charge in [0.05, 0.1) is 31.1 Å². The molecule has 10 nitrogen and oxygen atoms in total. The summed E-state index contributed by atoms with van der Waals surface area (Å²) in [6.45, 7) is 1.90. The molecule has 4 fully saturated rings. The van der Waals surface area contributed by atoms with Crippen molar-refractivity contribution in [2.75, 3.05) is 26.3 Å². The number of carbonyl (C=O) groups excluding carboxylic acids is 4. The third-order valence-electron chi connectivity index (χ3n) is 10.2. The topological polar surface area (TPSA) is 129 Å². The van der Waals surface area contributed by atoms with Crippen LogP contribution in [0.25, 0.3) is 0 Å². The monoisotopic (exact) mass is 640 g/mol. The number of imide groups is 1. The summed E-state index contributed by atoms with van der Waals surface area (Å²) >= 11 is 0. The van der Waals surface area contributed by atoms with Crippen molar-refractivity contribution in [1.82, 2.24) is 15.1 Å². The van der Waals surface area contributed by atoms with Crippen LogP contribution in [0.15, 0.2) is 48.5 Å². The van der Waals surface area contributed by atoms with E-state index in [9.17, 15) is 24.4 Å². The molecule has 4 aliphatic rings. The molecule has 0 aliphatic carbocycles. The summed E-state index contributed by atoms with van der Waals surface area (Å²) in [5, 5.41) is 12.4. The van der Waals surface area contributed by atoms with Gasteiger partial charge in [0.1, 0.15) is 17.5 Å². The number of hydrogen-bond acceptors (Lipinski definition) is 7. The maximum absolute atomic E-state index is 13.7. The van der Waals surface area contributed by atoms with E-state index in [4.69, 9.17) is 9.47 Å². The number of carbonyl (C=O) groups is 4. The van der Waals surface area contributed by atoms with Crippen LogP contribution >= 0.6 is 0 Å². The molecule has 4 heterocycles. The number of piperidine rings is 1. The molecule has 10 heteroatoms. The SMILES string of the molecule is N#C[C@@H]1CN(C(=O)[C@@H]2CC[C@@H]3CCCCCC(=O)N32)C[C@H]1c1cccc(OCCCCOc2ccc(C3CCC(=O)NC3=O)cc2)c1. The van der Waals surface area contributed by atoms with Crippen LogP contribution < -0.4 is 14.8 Å². The molecule has 5 atom stereocenters. The third-order valence-corrected chi connectivity index (χ3v) is 10.2. The Morgan fingerprint density at radius 2 is 1.64 bits per heavy atom. The van der Waals surface area contributed by atoms with Gasteiger partial charge in [-0.15, -0.1) is 0 Å². The van der Waals surface area contributed by atoms with Crippen molar-refractivity contribution < 1.29 is 28.7 Å². The molecule has 4 aliphatic heterocycles. The number of hydrogen-bond donors (Lipinski definition) is 1. The van der Waals surface area contributed by atoms with Crippen molar-refractivity contribution in [3.8, 4) is 17.6 Å². The van der Waals surface area contributed by atoms with Crippen LogP contribution in [0.5, 0.6) is 11.5 Å². The first-order valence-corrected chi connectivity index (χ1v) is 17.2. The Morgan fingerprint density at radius 1 is 0.851 bits per heavy atom. The minimum Gasteiger partial charge on any atom is -0.494 e. The van der Waals surface area contributed by atoms with Crippen LogP contribution in [0.3, 0.4) is 0 Å². The van der Waals surface area contributed by atoms with Gasteiger partial charge in [-0.05, 0) is 80.3 Å². The van der Waals surface area contributed by atoms with Gasteiger partial charge in [-0.1, -0.05) is 37.1 Å². The number of likely N-dealkylation sites (tertiary alicyclic amines) is 1. The molecule has 2 aromatic rings. The zero-order valence-electron chi connectivity index (χ0n) is 26.9. The number of nitriles is 1. The van der Waals surface area contributed by atoms with Gasteiger partial charge in [-0.2, -0.15) is 5.26 Å². The van der Waals surface area contributed by atoms with E-state index in [1.165, 1.54) is 0 Å². The minimum absolute atomic E-state index is 0.0101. The Kier molecular flexibility index (Phi) is 10.4. The second-order valence-corrected chi connectivity index (χ2v) is 13.3. The van der Waals surface area contributed by atoms with E-state index >= 15 is 0 Å². The molecule has 0 bridgehead atoms. The van der Waals surface area contributed by atoms with Crippen LogP contribution in [-0.2, 0) is 19.2 Å². The van der Waals surface area contributed by atoms with E-state index in [0.29, 0.717) is 52.0 Å². The zero-order valence-corrected chi connectivity index (χ0v) is 26.9. The highest BCUT2D eigenvalue weighted by Crippen LogP contribution is 2.37. The fourth-order valence-electron chi connectivity index (χ4n) is 7.64. The van der Waals surface area contributed by atoms with E-state index in [1.54, 1.807) is 0 Å². The Hall–Kier alpha value is -4.39. The van der Waals surface area contributed by atoms with Crippen LogP contribution in [0.1, 0.15) is 93.6 Å². The lowest BCUT2D eigenvalue weighted by Crippen LogP contribution is -2.50. The van der Waals surface area contributed by atoms with Crippen molar-refractivity contribution in [3.05, 3.63) is 59.7 Å². The van der Waals surface area contributed by atoms with Crippen LogP contribution in [0.4, 0.5) is 0 Å². The fourth-order valence-corrected chi connectivity index (χ4v) is 7.64. The number of ether oxygens (including phenoxy) is 2. The molecule has 2 aromatic carbocycles. The second kappa shape index (κ2) is 15.0. The number of amides is 4. The van der Waals surface area contributed by atoms with E-state index < -0.39 is 6.04 Å². The molecule has 1 N–H and O–H groups in total. The molecule has 4 saturated heterocycles. The summed E-state index contributed by atoms with van der Waals surface area (Å²) in [5.41, 5.74) is 1.86. The number of benzene rings is 2. The smallest absolute Gasteiger partial charge is 0.245 e. The average Bonchev–Trinajstić information content (AvgIpc) is 3.70. The first-order chi connectivity index (χ1) is 22.9. The van der Waals surface area contributed by atoms with Gasteiger partial charge in [-0.25, -0.2) is 0 Å². The lowest BCUT2D eigenvalue weighted by molar-refractivity contribution is -0.145. The van der Waals surface area contributed by atoms with Crippen LogP contribution in [0, 0.1) is 17.2 Å². The Bertz CT molecular complexity index is 1500. The highest BCUT2D eigenvalue weighted by Gasteiger charge is 2.45. The molecule has 47 heavy (non-hydrogen) atoms. The molecular formula is C37H44N4O6. The number of nitrogens with one attached hydrogen (secondary N) is 1. The van der Waals surface area contributed by atoms with Gasteiger partial charge >= 0.3 is 0 Å². The van der Waals surface area contributed by atoms with Crippen LogP contribution in [0.2, 0.25) is 0 Å². The standard InChI is InChI=1S/C37H44N4O6/c38-22-27-23-40(37(45)33-17-13-28-8-2-1-3-10-35(43)41(28)33)24-32(27)26-7-6-9-30(21-26)47-20-5-4-19-46-29-14-11-25(12-15-29)31-16-18-34(42)39-36(31)44/h6-7,9,11-12,14-15,21,27-28,31-33H,1-5,8,10,13,16-20,23-24H2,(H,39,42,44)/t27-,28+,31?,32+,33+/m1/s1. The minimum atomic E-state index is -0.403. The van der Waals surface area contributed by atoms with E-state index in [-0.39, 0.29) is 47.4 Å². The zero-order chi connectivity index (χ0) is 32.8. The fraction of sp³-hybridized carbons (Fsp3) is 0.541. The van der Waals surface area contributed by atoms with Crippen molar-refractivity contribution in [2.45, 2.75) is 94.5 Å². The van der Waals surface area contributed by atoms with Crippen molar-refractivity contribution in [1.29, 1.82) is 5.26 Å². The van der Waals surface area contributed by atoms with Gasteiger partial charge in [0.25, 0.3) is 0 Å².